The van der Waals surface area contributed by atoms with E-state index >= 15 is 0 Å². The number of aromatic amines is 1. The van der Waals surface area contributed by atoms with Crippen LogP contribution in [-0.2, 0) is 19.4 Å². The number of aromatic nitrogens is 4. The lowest BCUT2D eigenvalue weighted by atomic mass is 10.1. The lowest BCUT2D eigenvalue weighted by Gasteiger charge is -2.10. The summed E-state index contributed by atoms with van der Waals surface area (Å²) in [6.45, 7) is 2.80. The lowest BCUT2D eigenvalue weighted by molar-refractivity contribution is 0.655. The zero-order valence-electron chi connectivity index (χ0n) is 13.4. The number of aryl methyl sites for hydroxylation is 3. The van der Waals surface area contributed by atoms with Crippen LogP contribution < -0.4 is 5.56 Å². The largest absolute Gasteiger partial charge is 0.325 e. The number of nitrogens with zero attached hydrogens (tertiary/aromatic N) is 3. The minimum absolute atomic E-state index is 0.157. The number of rotatable bonds is 5. The van der Waals surface area contributed by atoms with E-state index in [2.05, 4.69) is 46.1 Å². The molecule has 1 N–H and O–H groups in total. The first-order chi connectivity index (χ1) is 11.6. The first-order valence-electron chi connectivity index (χ1n) is 7.74. The van der Waals surface area contributed by atoms with Gasteiger partial charge in [0.1, 0.15) is 6.33 Å². The average molecular weight is 338 g/mol. The highest BCUT2D eigenvalue weighted by atomic mass is 32.1. The summed E-state index contributed by atoms with van der Waals surface area (Å²) in [5.74, 6) is 0. The van der Waals surface area contributed by atoms with Crippen LogP contribution in [0.4, 0.5) is 0 Å². The van der Waals surface area contributed by atoms with Crippen molar-refractivity contribution in [3.05, 3.63) is 86.6 Å². The Balaban J connectivity index is 1.82. The minimum Gasteiger partial charge on any atom is -0.325 e. The van der Waals surface area contributed by atoms with Crippen LogP contribution >= 0.6 is 12.2 Å². The molecule has 122 valence electrons. The average Bonchev–Trinajstić information content (AvgIpc) is 2.57. The lowest BCUT2D eigenvalue weighted by Crippen LogP contribution is -2.19. The number of hydrogen-bond donors (Lipinski definition) is 1. The maximum atomic E-state index is 12.1. The molecule has 2 heterocycles. The highest BCUT2D eigenvalue weighted by molar-refractivity contribution is 7.71. The van der Waals surface area contributed by atoms with E-state index in [0.717, 1.165) is 18.5 Å². The van der Waals surface area contributed by atoms with Gasteiger partial charge in [-0.3, -0.25) is 9.78 Å². The molecule has 0 saturated carbocycles. The smallest absolute Gasteiger partial charge is 0.255 e. The third-order valence-electron chi connectivity index (χ3n) is 3.82. The summed E-state index contributed by atoms with van der Waals surface area (Å²) < 4.78 is 2.36. The first-order valence-corrected chi connectivity index (χ1v) is 8.15. The zero-order chi connectivity index (χ0) is 16.9. The molecule has 0 aliphatic rings. The van der Waals surface area contributed by atoms with Gasteiger partial charge in [0.25, 0.3) is 5.56 Å². The molecular weight excluding hydrogens is 320 g/mol. The van der Waals surface area contributed by atoms with Gasteiger partial charge in [0.15, 0.2) is 4.77 Å². The number of H-pyrrole nitrogens is 1. The van der Waals surface area contributed by atoms with Crippen LogP contribution in [0.15, 0.2) is 54.0 Å². The maximum Gasteiger partial charge on any atom is 0.255 e. The van der Waals surface area contributed by atoms with Crippen molar-refractivity contribution in [3.63, 3.8) is 0 Å². The fourth-order valence-electron chi connectivity index (χ4n) is 2.60. The summed E-state index contributed by atoms with van der Waals surface area (Å²) in [6, 6.07) is 8.40. The van der Waals surface area contributed by atoms with Crippen molar-refractivity contribution in [1.29, 1.82) is 0 Å². The Bertz CT molecular complexity index is 947. The standard InChI is InChI=1S/C18H18N4OS/c1-13-3-2-4-14(7-13)5-6-22-11-16(17(23)21-18(22)24)8-15-9-19-12-20-10-15/h2-4,7,9-12H,5-6,8H2,1H3,(H,21,23,24). The van der Waals surface area contributed by atoms with Gasteiger partial charge in [0, 0.05) is 37.1 Å². The van der Waals surface area contributed by atoms with E-state index in [-0.39, 0.29) is 5.56 Å². The topological polar surface area (TPSA) is 63.6 Å². The van der Waals surface area contributed by atoms with Crippen molar-refractivity contribution in [1.82, 2.24) is 19.5 Å². The van der Waals surface area contributed by atoms with Crippen molar-refractivity contribution < 1.29 is 0 Å². The molecule has 0 aliphatic carbocycles. The maximum absolute atomic E-state index is 12.1. The number of nitrogens with one attached hydrogen (secondary N) is 1. The van der Waals surface area contributed by atoms with Gasteiger partial charge in [-0.2, -0.15) is 0 Å². The molecule has 0 radical (unpaired) electrons. The zero-order valence-corrected chi connectivity index (χ0v) is 14.2. The van der Waals surface area contributed by atoms with Gasteiger partial charge in [0.05, 0.1) is 0 Å². The van der Waals surface area contributed by atoms with Crippen LogP contribution in [0.1, 0.15) is 22.3 Å². The van der Waals surface area contributed by atoms with Crippen LogP contribution in [0.25, 0.3) is 0 Å². The summed E-state index contributed by atoms with van der Waals surface area (Å²) in [4.78, 5) is 22.9. The molecule has 2 aromatic heterocycles. The summed E-state index contributed by atoms with van der Waals surface area (Å²) >= 11 is 5.29. The fourth-order valence-corrected chi connectivity index (χ4v) is 2.84. The van der Waals surface area contributed by atoms with Gasteiger partial charge in [-0.15, -0.1) is 0 Å². The van der Waals surface area contributed by atoms with Gasteiger partial charge in [-0.05, 0) is 36.7 Å². The van der Waals surface area contributed by atoms with Gasteiger partial charge in [-0.25, -0.2) is 9.97 Å². The van der Waals surface area contributed by atoms with Crippen LogP contribution in [0.2, 0.25) is 0 Å². The summed E-state index contributed by atoms with van der Waals surface area (Å²) in [5, 5.41) is 0. The molecule has 6 heteroatoms. The number of hydrogen-bond acceptors (Lipinski definition) is 4. The Labute approximate surface area is 145 Å². The predicted molar refractivity (Wildman–Crippen MR) is 95.6 cm³/mol. The second-order valence-electron chi connectivity index (χ2n) is 5.77. The molecule has 0 unspecified atom stereocenters. The molecule has 1 aromatic carbocycles. The quantitative estimate of drug-likeness (QED) is 0.727. The molecule has 5 nitrogen and oxygen atoms in total. The molecule has 3 aromatic rings. The Kier molecular flexibility index (Phi) is 4.96. The molecule has 0 saturated heterocycles. The van der Waals surface area contributed by atoms with E-state index in [1.165, 1.54) is 17.5 Å². The van der Waals surface area contributed by atoms with Crippen molar-refractivity contribution in [2.24, 2.45) is 0 Å². The third kappa shape index (κ3) is 4.02. The molecule has 0 aliphatic heterocycles. The summed E-state index contributed by atoms with van der Waals surface area (Å²) in [7, 11) is 0. The van der Waals surface area contributed by atoms with Crippen molar-refractivity contribution >= 4 is 12.2 Å². The van der Waals surface area contributed by atoms with Crippen molar-refractivity contribution in [3.8, 4) is 0 Å². The number of benzene rings is 1. The molecule has 0 bridgehead atoms. The Morgan fingerprint density at radius 1 is 1.21 bits per heavy atom. The second-order valence-corrected chi connectivity index (χ2v) is 6.16. The summed E-state index contributed by atoms with van der Waals surface area (Å²) in [6.07, 6.45) is 8.08. The second kappa shape index (κ2) is 7.31. The van der Waals surface area contributed by atoms with Crippen molar-refractivity contribution in [2.45, 2.75) is 26.3 Å². The summed E-state index contributed by atoms with van der Waals surface area (Å²) in [5.41, 5.74) is 3.88. The Morgan fingerprint density at radius 3 is 2.75 bits per heavy atom. The van der Waals surface area contributed by atoms with E-state index < -0.39 is 0 Å². The predicted octanol–water partition coefficient (Wildman–Crippen LogP) is 2.84. The van der Waals surface area contributed by atoms with Gasteiger partial charge >= 0.3 is 0 Å². The molecular formula is C18H18N4OS. The van der Waals surface area contributed by atoms with E-state index in [9.17, 15) is 4.79 Å². The first kappa shape index (κ1) is 16.3. The normalized spacial score (nSPS) is 10.7. The molecule has 24 heavy (non-hydrogen) atoms. The highest BCUT2D eigenvalue weighted by Gasteiger charge is 2.05. The highest BCUT2D eigenvalue weighted by Crippen LogP contribution is 2.07. The van der Waals surface area contributed by atoms with E-state index in [1.807, 2.05) is 10.8 Å². The molecule has 0 amide bonds. The molecule has 0 spiro atoms. The minimum atomic E-state index is -0.157. The third-order valence-corrected chi connectivity index (χ3v) is 4.15. The molecule has 0 atom stereocenters. The molecule has 3 rings (SSSR count). The van der Waals surface area contributed by atoms with Gasteiger partial charge in [0.2, 0.25) is 0 Å². The molecule has 0 fully saturated rings. The van der Waals surface area contributed by atoms with E-state index in [1.54, 1.807) is 12.4 Å². The SMILES string of the molecule is Cc1cccc(CCn2cc(Cc3cncnc3)c(=O)[nH]c2=S)c1. The van der Waals surface area contributed by atoms with Crippen LogP contribution in [0.5, 0.6) is 0 Å². The van der Waals surface area contributed by atoms with Crippen LogP contribution in [0.3, 0.4) is 0 Å². The van der Waals surface area contributed by atoms with Crippen molar-refractivity contribution in [2.75, 3.05) is 0 Å². The van der Waals surface area contributed by atoms with E-state index in [0.29, 0.717) is 16.8 Å². The fraction of sp³-hybridized carbons (Fsp3) is 0.222. The monoisotopic (exact) mass is 338 g/mol. The van der Waals surface area contributed by atoms with Crippen LogP contribution in [-0.4, -0.2) is 19.5 Å². The van der Waals surface area contributed by atoms with Gasteiger partial charge < -0.3 is 4.57 Å². The van der Waals surface area contributed by atoms with Crippen LogP contribution in [0, 0.1) is 11.7 Å². The van der Waals surface area contributed by atoms with Gasteiger partial charge in [-0.1, -0.05) is 29.8 Å². The van der Waals surface area contributed by atoms with E-state index in [4.69, 9.17) is 12.2 Å². The Hall–Kier alpha value is -2.60. The Morgan fingerprint density at radius 2 is 2.00 bits per heavy atom.